The van der Waals surface area contributed by atoms with E-state index in [1.165, 1.54) is 21.6 Å². The van der Waals surface area contributed by atoms with Crippen molar-refractivity contribution in [3.8, 4) is 0 Å². The molecule has 1 fully saturated rings. The average Bonchev–Trinajstić information content (AvgIpc) is 3.42. The Balaban J connectivity index is 1.59. The van der Waals surface area contributed by atoms with Crippen molar-refractivity contribution in [3.63, 3.8) is 0 Å². The van der Waals surface area contributed by atoms with Crippen LogP contribution in [0.3, 0.4) is 0 Å². The minimum Gasteiger partial charge on any atom is -0.346 e. The zero-order valence-corrected chi connectivity index (χ0v) is 22.4. The van der Waals surface area contributed by atoms with E-state index in [-0.39, 0.29) is 52.6 Å². The predicted octanol–water partition coefficient (Wildman–Crippen LogP) is 3.87. The zero-order chi connectivity index (χ0) is 30.5. The molecule has 3 heterocycles. The van der Waals surface area contributed by atoms with Crippen molar-refractivity contribution in [2.24, 2.45) is 0 Å². The summed E-state index contributed by atoms with van der Waals surface area (Å²) in [6.07, 6.45) is -4.90. The summed E-state index contributed by atoms with van der Waals surface area (Å²) in [5.74, 6) is -4.66. The fraction of sp³-hybridized carbons (Fsp3) is 0.259. The van der Waals surface area contributed by atoms with Crippen LogP contribution < -0.4 is 16.0 Å². The van der Waals surface area contributed by atoms with Crippen LogP contribution in [0.15, 0.2) is 42.5 Å². The number of carbonyl (C=O) groups excluding carboxylic acids is 4. The van der Waals surface area contributed by atoms with Gasteiger partial charge in [-0.2, -0.15) is 13.2 Å². The van der Waals surface area contributed by atoms with E-state index in [0.717, 1.165) is 12.1 Å². The third kappa shape index (κ3) is 5.66. The lowest BCUT2D eigenvalue weighted by Gasteiger charge is -2.29. The SMILES string of the molecule is CN1CC(NC(=O)c2cc(NC(=O)c3cc(F)cc(C(F)(F)F)c3)c3n2CC(=O)NC3c2cc(F)ccc2Cl)CC1=O. The summed E-state index contributed by atoms with van der Waals surface area (Å²) in [5.41, 5.74) is -2.19. The highest BCUT2D eigenvalue weighted by atomic mass is 35.5. The number of nitrogens with zero attached hydrogens (tertiary/aromatic N) is 2. The molecule has 1 saturated heterocycles. The molecular weight excluding hydrogens is 589 g/mol. The Bertz CT molecular complexity index is 1640. The normalized spacial score (nSPS) is 18.5. The molecule has 2 aliphatic rings. The quantitative estimate of drug-likeness (QED) is 0.381. The molecule has 5 rings (SSSR count). The van der Waals surface area contributed by atoms with Crippen LogP contribution in [0, 0.1) is 11.6 Å². The van der Waals surface area contributed by atoms with Crippen molar-refractivity contribution in [2.75, 3.05) is 18.9 Å². The van der Waals surface area contributed by atoms with Crippen molar-refractivity contribution < 1.29 is 41.1 Å². The summed E-state index contributed by atoms with van der Waals surface area (Å²) in [4.78, 5) is 52.6. The molecule has 0 aliphatic carbocycles. The molecule has 2 atom stereocenters. The second kappa shape index (κ2) is 10.7. The highest BCUT2D eigenvalue weighted by molar-refractivity contribution is 6.31. The van der Waals surface area contributed by atoms with E-state index in [2.05, 4.69) is 16.0 Å². The third-order valence-electron chi connectivity index (χ3n) is 6.93. The predicted molar refractivity (Wildman–Crippen MR) is 139 cm³/mol. The summed E-state index contributed by atoms with van der Waals surface area (Å²) in [7, 11) is 1.57. The van der Waals surface area contributed by atoms with Crippen LogP contribution in [0.1, 0.15) is 50.1 Å². The van der Waals surface area contributed by atoms with E-state index in [1.807, 2.05) is 0 Å². The van der Waals surface area contributed by atoms with Crippen LogP contribution in [0.2, 0.25) is 5.02 Å². The second-order valence-corrected chi connectivity index (χ2v) is 10.3. The molecule has 3 aromatic rings. The summed E-state index contributed by atoms with van der Waals surface area (Å²) in [6, 6.07) is 4.10. The lowest BCUT2D eigenvalue weighted by Crippen LogP contribution is -2.42. The van der Waals surface area contributed by atoms with Gasteiger partial charge in [-0.15, -0.1) is 0 Å². The number of hydrogen-bond acceptors (Lipinski definition) is 4. The van der Waals surface area contributed by atoms with Gasteiger partial charge in [0.25, 0.3) is 11.8 Å². The van der Waals surface area contributed by atoms with Gasteiger partial charge in [-0.1, -0.05) is 11.6 Å². The molecule has 0 radical (unpaired) electrons. The molecule has 0 bridgehead atoms. The van der Waals surface area contributed by atoms with Crippen LogP contribution in [0.25, 0.3) is 0 Å². The van der Waals surface area contributed by atoms with E-state index < -0.39 is 65.3 Å². The van der Waals surface area contributed by atoms with Crippen molar-refractivity contribution >= 4 is 40.9 Å². The van der Waals surface area contributed by atoms with Crippen LogP contribution in [-0.4, -0.2) is 52.7 Å². The summed E-state index contributed by atoms with van der Waals surface area (Å²) in [5, 5.41) is 7.76. The number of aromatic nitrogens is 1. The molecule has 2 aromatic carbocycles. The first-order chi connectivity index (χ1) is 19.7. The maximum absolute atomic E-state index is 14.2. The molecule has 9 nitrogen and oxygen atoms in total. The number of hydrogen-bond donors (Lipinski definition) is 3. The Morgan fingerprint density at radius 1 is 1.02 bits per heavy atom. The van der Waals surface area contributed by atoms with Crippen molar-refractivity contribution in [2.45, 2.75) is 31.2 Å². The number of alkyl halides is 3. The molecule has 2 unspecified atom stereocenters. The Labute approximate surface area is 239 Å². The molecule has 3 N–H and O–H groups in total. The van der Waals surface area contributed by atoms with Crippen molar-refractivity contribution in [3.05, 3.63) is 87.2 Å². The van der Waals surface area contributed by atoms with Gasteiger partial charge < -0.3 is 25.4 Å². The molecule has 4 amide bonds. The molecule has 2 aliphatic heterocycles. The molecule has 15 heteroatoms. The average molecular weight is 610 g/mol. The monoisotopic (exact) mass is 609 g/mol. The van der Waals surface area contributed by atoms with Crippen molar-refractivity contribution in [1.29, 1.82) is 0 Å². The minimum atomic E-state index is -4.93. The molecule has 1 aromatic heterocycles. The first-order valence-corrected chi connectivity index (χ1v) is 12.8. The molecule has 220 valence electrons. The first kappa shape index (κ1) is 29.0. The number of likely N-dealkylation sites (N-methyl/N-ethyl adjacent to an activating group) is 1. The number of rotatable bonds is 5. The topological polar surface area (TPSA) is 113 Å². The van der Waals surface area contributed by atoms with E-state index in [9.17, 15) is 41.1 Å². The van der Waals surface area contributed by atoms with Gasteiger partial charge in [0.2, 0.25) is 11.8 Å². The fourth-order valence-corrected chi connectivity index (χ4v) is 5.24. The Morgan fingerprint density at radius 3 is 2.43 bits per heavy atom. The van der Waals surface area contributed by atoms with Gasteiger partial charge in [-0.05, 0) is 42.5 Å². The van der Waals surface area contributed by atoms with Crippen LogP contribution in [0.4, 0.5) is 27.6 Å². The van der Waals surface area contributed by atoms with E-state index >= 15 is 0 Å². The van der Waals surface area contributed by atoms with Gasteiger partial charge in [-0.3, -0.25) is 19.2 Å². The molecular formula is C27H21ClF5N5O4. The van der Waals surface area contributed by atoms with Crippen LogP contribution >= 0.6 is 11.6 Å². The standard InChI is InChI=1S/C27H21ClF5N5O4/c1-37-10-16(8-22(37)40)34-26(42)20-9-19(35-25(41)12-4-13(27(31,32)33)6-15(30)5-12)24-23(36-21(39)11-38(20)24)17-7-14(29)2-3-18(17)28/h2-7,9,16,23H,8,10-11H2,1H3,(H,34,42)(H,35,41)(H,36,39). The van der Waals surface area contributed by atoms with E-state index in [0.29, 0.717) is 12.1 Å². The first-order valence-electron chi connectivity index (χ1n) is 12.4. The van der Waals surface area contributed by atoms with Gasteiger partial charge in [0, 0.05) is 36.2 Å². The molecule has 0 spiro atoms. The highest BCUT2D eigenvalue weighted by Gasteiger charge is 2.37. The Morgan fingerprint density at radius 2 is 1.76 bits per heavy atom. The number of carbonyl (C=O) groups is 4. The third-order valence-corrected chi connectivity index (χ3v) is 7.28. The maximum Gasteiger partial charge on any atom is 0.416 e. The van der Waals surface area contributed by atoms with Crippen LogP contribution in [-0.2, 0) is 22.3 Å². The van der Waals surface area contributed by atoms with E-state index in [4.69, 9.17) is 11.6 Å². The second-order valence-electron chi connectivity index (χ2n) is 9.91. The lowest BCUT2D eigenvalue weighted by molar-refractivity contribution is -0.137. The van der Waals surface area contributed by atoms with Gasteiger partial charge in [0.1, 0.15) is 23.9 Å². The number of anilines is 1. The maximum atomic E-state index is 14.2. The van der Waals surface area contributed by atoms with Gasteiger partial charge >= 0.3 is 6.18 Å². The Kier molecular flexibility index (Phi) is 7.43. The number of amides is 4. The molecule has 0 saturated carbocycles. The number of likely N-dealkylation sites (tertiary alicyclic amines) is 1. The molecule has 42 heavy (non-hydrogen) atoms. The van der Waals surface area contributed by atoms with Gasteiger partial charge in [0.05, 0.1) is 29.0 Å². The van der Waals surface area contributed by atoms with Gasteiger partial charge in [-0.25, -0.2) is 8.78 Å². The summed E-state index contributed by atoms with van der Waals surface area (Å²) in [6.45, 7) is -0.191. The number of halogens is 6. The number of benzene rings is 2. The van der Waals surface area contributed by atoms with Gasteiger partial charge in [0.15, 0.2) is 0 Å². The summed E-state index contributed by atoms with van der Waals surface area (Å²) >= 11 is 6.31. The fourth-order valence-electron chi connectivity index (χ4n) is 5.01. The summed E-state index contributed by atoms with van der Waals surface area (Å²) < 4.78 is 69.3. The number of fused-ring (bicyclic) bond motifs is 1. The largest absolute Gasteiger partial charge is 0.416 e. The minimum absolute atomic E-state index is 0.0303. The van der Waals surface area contributed by atoms with E-state index in [1.54, 1.807) is 7.05 Å². The Hall–Kier alpha value is -4.46. The lowest BCUT2D eigenvalue weighted by atomic mass is 10.0. The number of nitrogens with one attached hydrogen (secondary N) is 3. The zero-order valence-electron chi connectivity index (χ0n) is 21.6. The highest BCUT2D eigenvalue weighted by Crippen LogP contribution is 2.38. The van der Waals surface area contributed by atoms with Crippen molar-refractivity contribution in [1.82, 2.24) is 20.1 Å². The van der Waals surface area contributed by atoms with Crippen LogP contribution in [0.5, 0.6) is 0 Å². The smallest absolute Gasteiger partial charge is 0.346 e.